The number of sulfonamides is 2. The van der Waals surface area contributed by atoms with Crippen LogP contribution in [0.25, 0.3) is 0 Å². The molecule has 13 heteroatoms. The number of aryl methyl sites for hydroxylation is 1. The van der Waals surface area contributed by atoms with Crippen LogP contribution in [-0.4, -0.2) is 45.2 Å². The maximum atomic E-state index is 12.9. The van der Waals surface area contributed by atoms with Crippen LogP contribution in [0.1, 0.15) is 51.2 Å². The smallest absolute Gasteiger partial charge is 0.258 e. The Bertz CT molecular complexity index is 1380. The molecular weight excluding hydrogens is 500 g/mol. The highest BCUT2D eigenvalue weighted by Crippen LogP contribution is 2.42. The average Bonchev–Trinajstić information content (AvgIpc) is 3.27. The van der Waals surface area contributed by atoms with E-state index in [9.17, 15) is 21.9 Å². The van der Waals surface area contributed by atoms with Gasteiger partial charge in [0.2, 0.25) is 0 Å². The van der Waals surface area contributed by atoms with Crippen molar-refractivity contribution in [2.45, 2.75) is 56.8 Å². The molecule has 2 aliphatic rings. The molecule has 1 fully saturated rings. The predicted molar refractivity (Wildman–Crippen MR) is 131 cm³/mol. The molecule has 2 aromatic rings. The minimum atomic E-state index is -3.86. The Morgan fingerprint density at radius 1 is 1.32 bits per heavy atom. The lowest BCUT2D eigenvalue weighted by Crippen LogP contribution is -2.28. The first-order chi connectivity index (χ1) is 15.7. The van der Waals surface area contributed by atoms with Crippen molar-refractivity contribution in [2.75, 3.05) is 12.4 Å². The van der Waals surface area contributed by atoms with Crippen molar-refractivity contribution in [1.82, 2.24) is 9.03 Å². The van der Waals surface area contributed by atoms with E-state index in [1.165, 1.54) is 16.7 Å². The maximum Gasteiger partial charge on any atom is 0.258 e. The SMILES string of the molecule is Cc1ccc([C@H](N=C2NS(=O)(=O)C=C2Nc2csc(S(=O)(=O)N(C)C3CC3)c2O)C(C)(C)C)o1. The van der Waals surface area contributed by atoms with Crippen molar-refractivity contribution < 1.29 is 26.4 Å². The number of aromatic hydroxyl groups is 1. The minimum absolute atomic E-state index is 0.0408. The van der Waals surface area contributed by atoms with Gasteiger partial charge in [-0.2, -0.15) is 4.31 Å². The van der Waals surface area contributed by atoms with Crippen LogP contribution < -0.4 is 10.0 Å². The molecule has 0 radical (unpaired) electrons. The monoisotopic (exact) mass is 528 g/mol. The Morgan fingerprint density at radius 3 is 2.56 bits per heavy atom. The molecule has 0 spiro atoms. The second-order valence-corrected chi connectivity index (χ2v) is 14.1. The molecule has 0 aromatic carbocycles. The molecule has 1 aliphatic heterocycles. The van der Waals surface area contributed by atoms with Gasteiger partial charge < -0.3 is 14.8 Å². The summed E-state index contributed by atoms with van der Waals surface area (Å²) in [5.41, 5.74) is -0.243. The van der Waals surface area contributed by atoms with Crippen LogP contribution in [-0.2, 0) is 20.0 Å². The fourth-order valence-electron chi connectivity index (χ4n) is 3.54. The van der Waals surface area contributed by atoms with E-state index in [4.69, 9.17) is 4.42 Å². The zero-order valence-corrected chi connectivity index (χ0v) is 21.9. The van der Waals surface area contributed by atoms with Crippen molar-refractivity contribution in [1.29, 1.82) is 0 Å². The topological polar surface area (TPSA) is 141 Å². The fourth-order valence-corrected chi connectivity index (χ4v) is 7.34. The van der Waals surface area contributed by atoms with Crippen LogP contribution in [0.3, 0.4) is 0 Å². The van der Waals surface area contributed by atoms with Gasteiger partial charge in [0.05, 0.1) is 16.8 Å². The normalized spacial score (nSPS) is 20.4. The zero-order chi connectivity index (χ0) is 25.1. The molecule has 1 aliphatic carbocycles. The summed E-state index contributed by atoms with van der Waals surface area (Å²) in [6.07, 6.45) is 1.57. The van der Waals surface area contributed by atoms with Crippen LogP contribution in [0, 0.1) is 12.3 Å². The number of amidine groups is 1. The lowest BCUT2D eigenvalue weighted by atomic mass is 9.85. The Labute approximate surface area is 203 Å². The average molecular weight is 529 g/mol. The molecule has 1 saturated carbocycles. The first-order valence-corrected chi connectivity index (χ1v) is 14.5. The molecular formula is C21H28N4O6S3. The van der Waals surface area contributed by atoms with Crippen LogP contribution in [0.15, 0.2) is 42.2 Å². The first kappa shape index (κ1) is 24.8. The Kier molecular flexibility index (Phi) is 6.12. The highest BCUT2D eigenvalue weighted by Gasteiger charge is 2.38. The molecule has 3 N–H and O–H groups in total. The third-order valence-electron chi connectivity index (χ3n) is 5.55. The quantitative estimate of drug-likeness (QED) is 0.499. The molecule has 3 heterocycles. The highest BCUT2D eigenvalue weighted by molar-refractivity contribution is 7.93. The molecule has 4 rings (SSSR count). The number of hydrogen-bond donors (Lipinski definition) is 3. The van der Waals surface area contributed by atoms with E-state index in [0.29, 0.717) is 11.5 Å². The van der Waals surface area contributed by atoms with Gasteiger partial charge in [0.1, 0.15) is 17.6 Å². The third-order valence-corrected chi connectivity index (χ3v) is 9.98. The summed E-state index contributed by atoms with van der Waals surface area (Å²) < 4.78 is 59.6. The van der Waals surface area contributed by atoms with Gasteiger partial charge in [-0.1, -0.05) is 20.8 Å². The van der Waals surface area contributed by atoms with E-state index in [1.54, 1.807) is 6.07 Å². The molecule has 0 saturated heterocycles. The third kappa shape index (κ3) is 4.88. The maximum absolute atomic E-state index is 12.9. The molecule has 0 unspecified atom stereocenters. The first-order valence-electron chi connectivity index (χ1n) is 10.6. The summed E-state index contributed by atoms with van der Waals surface area (Å²) in [7, 11) is -6.20. The summed E-state index contributed by atoms with van der Waals surface area (Å²) in [5, 5.41) is 15.9. The van der Waals surface area contributed by atoms with Gasteiger partial charge in [0.15, 0.2) is 15.8 Å². The zero-order valence-electron chi connectivity index (χ0n) is 19.5. The second-order valence-electron chi connectivity index (χ2n) is 9.54. The Balaban J connectivity index is 1.68. The lowest BCUT2D eigenvalue weighted by molar-refractivity contribution is 0.283. The molecule has 186 valence electrons. The summed E-state index contributed by atoms with van der Waals surface area (Å²) in [5.74, 6) is 0.867. The highest BCUT2D eigenvalue weighted by atomic mass is 32.2. The summed E-state index contributed by atoms with van der Waals surface area (Å²) in [6.45, 7) is 7.68. The van der Waals surface area contributed by atoms with Crippen LogP contribution in [0.5, 0.6) is 5.75 Å². The van der Waals surface area contributed by atoms with Gasteiger partial charge >= 0.3 is 0 Å². The van der Waals surface area contributed by atoms with Crippen molar-refractivity contribution in [2.24, 2.45) is 10.4 Å². The van der Waals surface area contributed by atoms with Gasteiger partial charge in [-0.25, -0.2) is 16.8 Å². The van der Waals surface area contributed by atoms with E-state index in [2.05, 4.69) is 15.0 Å². The Morgan fingerprint density at radius 2 is 2.00 bits per heavy atom. The largest absolute Gasteiger partial charge is 0.504 e. The summed E-state index contributed by atoms with van der Waals surface area (Å²) in [4.78, 5) is 4.65. The van der Waals surface area contributed by atoms with Crippen molar-refractivity contribution >= 4 is 42.9 Å². The van der Waals surface area contributed by atoms with Crippen LogP contribution >= 0.6 is 11.3 Å². The standard InChI is InChI=1S/C21H28N4O6S3/c1-12-6-9-16(31-12)18(21(2,3)4)23-19-15(11-33(27,28)24-19)22-14-10-32-20(17(14)26)34(29,30)25(5)13-7-8-13/h6,9-11,13,18,22,26H,7-8H2,1-5H3,(H,23,24)/t18-/m0/s1. The molecule has 0 amide bonds. The van der Waals surface area contributed by atoms with E-state index in [0.717, 1.165) is 29.6 Å². The fraction of sp³-hybridized carbons (Fsp3) is 0.476. The number of nitrogens with one attached hydrogen (secondary N) is 2. The number of rotatable bonds is 7. The number of furan rings is 1. The molecule has 34 heavy (non-hydrogen) atoms. The van der Waals surface area contributed by atoms with Gasteiger partial charge in [0.25, 0.3) is 20.0 Å². The van der Waals surface area contributed by atoms with Gasteiger partial charge in [-0.05, 0) is 37.3 Å². The van der Waals surface area contributed by atoms with Gasteiger partial charge in [-0.15, -0.1) is 11.3 Å². The van der Waals surface area contributed by atoms with E-state index in [1.807, 2.05) is 33.8 Å². The second kappa shape index (κ2) is 8.40. The van der Waals surface area contributed by atoms with E-state index in [-0.39, 0.29) is 27.5 Å². The number of hydrogen-bond acceptors (Lipinski definition) is 9. The van der Waals surface area contributed by atoms with Crippen molar-refractivity contribution in [3.8, 4) is 5.75 Å². The predicted octanol–water partition coefficient (Wildman–Crippen LogP) is 3.51. The van der Waals surface area contributed by atoms with Crippen molar-refractivity contribution in [3.63, 3.8) is 0 Å². The summed E-state index contributed by atoms with van der Waals surface area (Å²) in [6, 6.07) is 3.04. The van der Waals surface area contributed by atoms with E-state index >= 15 is 0 Å². The van der Waals surface area contributed by atoms with Crippen LogP contribution in [0.2, 0.25) is 0 Å². The molecule has 1 atom stereocenters. The number of thiophene rings is 1. The van der Waals surface area contributed by atoms with E-state index < -0.39 is 37.3 Å². The summed E-state index contributed by atoms with van der Waals surface area (Å²) >= 11 is 0.865. The number of aliphatic imine (C=N–C) groups is 1. The number of anilines is 1. The van der Waals surface area contributed by atoms with Crippen molar-refractivity contribution in [3.05, 3.63) is 40.1 Å². The van der Waals surface area contributed by atoms with Crippen LogP contribution in [0.4, 0.5) is 5.69 Å². The minimum Gasteiger partial charge on any atom is -0.504 e. The Hall–Kier alpha value is -2.35. The molecule has 10 nitrogen and oxygen atoms in total. The van der Waals surface area contributed by atoms with Gasteiger partial charge in [-0.3, -0.25) is 9.71 Å². The van der Waals surface area contributed by atoms with Gasteiger partial charge in [0, 0.05) is 18.5 Å². The molecule has 0 bridgehead atoms. The number of nitrogens with zero attached hydrogens (tertiary/aromatic N) is 2. The lowest BCUT2D eigenvalue weighted by Gasteiger charge is -2.26. The molecule has 2 aromatic heterocycles.